The quantitative estimate of drug-likeness (QED) is 0.146. The second kappa shape index (κ2) is 13.1. The molecular weight excluding hydrogens is 502 g/mol. The molecule has 4 aromatic carbocycles. The molecule has 2 atom stereocenters. The third kappa shape index (κ3) is 7.69. The standard InChI is InChI=1S/C34H39NO5/c1-23(29-10-6-7-11-30(29)27-14-15-31(33(38)39)32(37)19-27)16-17-40-22-28(36)21-35-34(2,3)20-24-12-13-25-8-4-5-9-26(25)18-24/h4-15,18-19,23,28,35-37H,16-17,20-22H2,1-3H3,(H,38,39)/t23?,28-/m1/s1. The van der Waals surface area contributed by atoms with Crippen molar-refractivity contribution in [2.45, 2.75) is 51.2 Å². The van der Waals surface area contributed by atoms with Crippen LogP contribution in [0.4, 0.5) is 0 Å². The maximum atomic E-state index is 11.2. The number of hydrogen-bond donors (Lipinski definition) is 4. The zero-order valence-electron chi connectivity index (χ0n) is 23.4. The molecule has 0 spiro atoms. The minimum Gasteiger partial charge on any atom is -0.507 e. The molecule has 0 heterocycles. The van der Waals surface area contributed by atoms with Crippen molar-refractivity contribution < 1.29 is 24.9 Å². The lowest BCUT2D eigenvalue weighted by molar-refractivity contribution is 0.0313. The number of aromatic hydroxyl groups is 1. The maximum Gasteiger partial charge on any atom is 0.339 e. The fourth-order valence-electron chi connectivity index (χ4n) is 5.08. The number of fused-ring (bicyclic) bond motifs is 1. The van der Waals surface area contributed by atoms with E-state index in [-0.39, 0.29) is 29.4 Å². The molecule has 0 amide bonds. The summed E-state index contributed by atoms with van der Waals surface area (Å²) in [7, 11) is 0. The van der Waals surface area contributed by atoms with Gasteiger partial charge in [-0.15, -0.1) is 0 Å². The lowest BCUT2D eigenvalue weighted by Crippen LogP contribution is -2.46. The Kier molecular flexibility index (Phi) is 9.58. The third-order valence-electron chi connectivity index (χ3n) is 7.31. The Labute approximate surface area is 236 Å². The van der Waals surface area contributed by atoms with Crippen LogP contribution in [0.1, 0.15) is 54.6 Å². The number of hydrogen-bond acceptors (Lipinski definition) is 5. The predicted octanol–water partition coefficient (Wildman–Crippen LogP) is 6.39. The van der Waals surface area contributed by atoms with Gasteiger partial charge in [0.15, 0.2) is 0 Å². The highest BCUT2D eigenvalue weighted by molar-refractivity contribution is 5.92. The van der Waals surface area contributed by atoms with Gasteiger partial charge >= 0.3 is 5.97 Å². The van der Waals surface area contributed by atoms with Crippen molar-refractivity contribution >= 4 is 16.7 Å². The third-order valence-corrected chi connectivity index (χ3v) is 7.31. The van der Waals surface area contributed by atoms with E-state index in [1.165, 1.54) is 28.5 Å². The molecule has 0 saturated carbocycles. The Morgan fingerprint density at radius 1 is 0.950 bits per heavy atom. The lowest BCUT2D eigenvalue weighted by atomic mass is 9.89. The smallest absolute Gasteiger partial charge is 0.339 e. The molecule has 4 rings (SSSR count). The van der Waals surface area contributed by atoms with E-state index < -0.39 is 12.1 Å². The highest BCUT2D eigenvalue weighted by atomic mass is 16.5. The first-order valence-corrected chi connectivity index (χ1v) is 13.8. The summed E-state index contributed by atoms with van der Waals surface area (Å²) in [6.45, 7) is 7.58. The van der Waals surface area contributed by atoms with Crippen LogP contribution in [0.5, 0.6) is 5.75 Å². The molecule has 0 fully saturated rings. The highest BCUT2D eigenvalue weighted by Crippen LogP contribution is 2.33. The molecule has 0 saturated heterocycles. The first kappa shape index (κ1) is 29.3. The van der Waals surface area contributed by atoms with E-state index in [4.69, 9.17) is 4.74 Å². The Hall–Kier alpha value is -3.71. The van der Waals surface area contributed by atoms with Gasteiger partial charge in [-0.2, -0.15) is 0 Å². The summed E-state index contributed by atoms with van der Waals surface area (Å²) < 4.78 is 5.83. The summed E-state index contributed by atoms with van der Waals surface area (Å²) in [6, 6.07) is 27.4. The van der Waals surface area contributed by atoms with Gasteiger partial charge in [-0.1, -0.05) is 79.7 Å². The number of β-amino-alcohol motifs (C(OH)–C–C–N with tert-alkyl or cyclic N) is 1. The summed E-state index contributed by atoms with van der Waals surface area (Å²) in [5, 5.41) is 35.8. The number of carboxylic acid groups (broad SMARTS) is 1. The average molecular weight is 542 g/mol. The Balaban J connectivity index is 1.24. The number of aromatic carboxylic acids is 1. The molecule has 6 nitrogen and oxygen atoms in total. The molecule has 4 N–H and O–H groups in total. The van der Waals surface area contributed by atoms with Gasteiger partial charge in [-0.3, -0.25) is 0 Å². The number of nitrogens with one attached hydrogen (secondary N) is 1. The maximum absolute atomic E-state index is 11.2. The number of benzene rings is 4. The second-order valence-corrected chi connectivity index (χ2v) is 11.2. The largest absolute Gasteiger partial charge is 0.507 e. The SMILES string of the molecule is CC(CCOC[C@H](O)CNC(C)(C)Cc1ccc2ccccc2c1)c1ccccc1-c1ccc(C(=O)O)c(O)c1. The molecule has 0 aromatic heterocycles. The van der Waals surface area contributed by atoms with Crippen molar-refractivity contribution in [1.29, 1.82) is 0 Å². The van der Waals surface area contributed by atoms with Gasteiger partial charge in [0.2, 0.25) is 0 Å². The Morgan fingerprint density at radius 2 is 1.68 bits per heavy atom. The Bertz CT molecular complexity index is 1450. The molecule has 0 radical (unpaired) electrons. The van der Waals surface area contributed by atoms with Gasteiger partial charge in [-0.05, 0) is 77.8 Å². The van der Waals surface area contributed by atoms with Crippen LogP contribution < -0.4 is 5.32 Å². The molecule has 40 heavy (non-hydrogen) atoms. The van der Waals surface area contributed by atoms with Crippen LogP contribution in [-0.2, 0) is 11.2 Å². The van der Waals surface area contributed by atoms with E-state index in [1.807, 2.05) is 30.3 Å². The number of carboxylic acids is 1. The number of ether oxygens (including phenoxy) is 1. The van der Waals surface area contributed by atoms with Crippen molar-refractivity contribution in [3.63, 3.8) is 0 Å². The molecule has 1 unspecified atom stereocenters. The second-order valence-electron chi connectivity index (χ2n) is 11.2. The van der Waals surface area contributed by atoms with Crippen molar-refractivity contribution in [2.24, 2.45) is 0 Å². The normalized spacial score (nSPS) is 13.3. The number of phenols is 1. The summed E-state index contributed by atoms with van der Waals surface area (Å²) in [6.07, 6.45) is 0.984. The molecule has 6 heteroatoms. The van der Waals surface area contributed by atoms with Crippen molar-refractivity contribution in [2.75, 3.05) is 19.8 Å². The summed E-state index contributed by atoms with van der Waals surface area (Å²) in [4.78, 5) is 11.2. The van der Waals surface area contributed by atoms with E-state index in [9.17, 15) is 20.1 Å². The fraction of sp³-hybridized carbons (Fsp3) is 0.324. The number of carbonyl (C=O) groups is 1. The zero-order valence-corrected chi connectivity index (χ0v) is 23.4. The Morgan fingerprint density at radius 3 is 2.42 bits per heavy atom. The van der Waals surface area contributed by atoms with E-state index in [1.54, 1.807) is 6.07 Å². The molecule has 0 aliphatic rings. The summed E-state index contributed by atoms with van der Waals surface area (Å²) in [5.74, 6) is -1.25. The van der Waals surface area contributed by atoms with Crippen LogP contribution in [-0.4, -0.2) is 52.7 Å². The predicted molar refractivity (Wildman–Crippen MR) is 160 cm³/mol. The van der Waals surface area contributed by atoms with Gasteiger partial charge in [0, 0.05) is 18.7 Å². The summed E-state index contributed by atoms with van der Waals surface area (Å²) in [5.41, 5.74) is 3.75. The van der Waals surface area contributed by atoms with Crippen LogP contribution in [0.15, 0.2) is 84.9 Å². The van der Waals surface area contributed by atoms with Crippen molar-refractivity contribution in [3.8, 4) is 16.9 Å². The van der Waals surface area contributed by atoms with Gasteiger partial charge in [0.05, 0.1) is 12.7 Å². The molecule has 0 bridgehead atoms. The van der Waals surface area contributed by atoms with Crippen molar-refractivity contribution in [3.05, 3.63) is 102 Å². The monoisotopic (exact) mass is 541 g/mol. The first-order chi connectivity index (χ1) is 19.1. The topological polar surface area (TPSA) is 99.0 Å². The van der Waals surface area contributed by atoms with Crippen LogP contribution in [0.3, 0.4) is 0 Å². The minimum absolute atomic E-state index is 0.118. The zero-order chi connectivity index (χ0) is 28.7. The van der Waals surface area contributed by atoms with Gasteiger partial charge in [-0.25, -0.2) is 4.79 Å². The van der Waals surface area contributed by atoms with E-state index in [0.717, 1.165) is 29.5 Å². The average Bonchev–Trinajstić information content (AvgIpc) is 2.93. The van der Waals surface area contributed by atoms with E-state index in [0.29, 0.717) is 13.2 Å². The molecule has 0 aliphatic heterocycles. The number of rotatable bonds is 13. The molecule has 0 aliphatic carbocycles. The van der Waals surface area contributed by atoms with Crippen LogP contribution >= 0.6 is 0 Å². The minimum atomic E-state index is -1.16. The first-order valence-electron chi connectivity index (χ1n) is 13.8. The molecular formula is C34H39NO5. The van der Waals surface area contributed by atoms with E-state index >= 15 is 0 Å². The molecule has 210 valence electrons. The van der Waals surface area contributed by atoms with Gasteiger partial charge in [0.1, 0.15) is 11.3 Å². The lowest BCUT2D eigenvalue weighted by Gasteiger charge is -2.28. The van der Waals surface area contributed by atoms with Crippen LogP contribution in [0, 0.1) is 0 Å². The van der Waals surface area contributed by atoms with Crippen molar-refractivity contribution in [1.82, 2.24) is 5.32 Å². The van der Waals surface area contributed by atoms with E-state index in [2.05, 4.69) is 62.5 Å². The van der Waals surface area contributed by atoms with Crippen LogP contribution in [0.2, 0.25) is 0 Å². The number of aliphatic hydroxyl groups is 1. The van der Waals surface area contributed by atoms with Crippen LogP contribution in [0.25, 0.3) is 21.9 Å². The fourth-order valence-corrected chi connectivity index (χ4v) is 5.08. The molecule has 4 aromatic rings. The van der Waals surface area contributed by atoms with Gasteiger partial charge in [0.25, 0.3) is 0 Å². The summed E-state index contributed by atoms with van der Waals surface area (Å²) >= 11 is 0. The highest BCUT2D eigenvalue weighted by Gasteiger charge is 2.20. The van der Waals surface area contributed by atoms with Gasteiger partial charge < -0.3 is 25.4 Å². The number of aliphatic hydroxyl groups excluding tert-OH is 1.